The lowest BCUT2D eigenvalue weighted by Gasteiger charge is -2.44. The van der Waals surface area contributed by atoms with Crippen LogP contribution in [-0.4, -0.2) is 48.3 Å². The van der Waals surface area contributed by atoms with Crippen LogP contribution >= 0.6 is 0 Å². The lowest BCUT2D eigenvalue weighted by molar-refractivity contribution is -0.145. The molecule has 0 saturated carbocycles. The van der Waals surface area contributed by atoms with E-state index in [-0.39, 0.29) is 11.5 Å². The molecule has 1 fully saturated rings. The second kappa shape index (κ2) is 5.64. The standard InChI is InChI=1S/C12H23NO3/c1-12(2)9-10(11(14)15)5-7-13(12)6-4-8-16-3/h10H,4-9H2,1-3H3,(H,14,15). The molecule has 94 valence electrons. The molecule has 16 heavy (non-hydrogen) atoms. The van der Waals surface area contributed by atoms with Crippen molar-refractivity contribution in [3.8, 4) is 0 Å². The number of aliphatic carboxylic acids is 1. The normalized spacial score (nSPS) is 25.6. The molecule has 0 aromatic heterocycles. The highest BCUT2D eigenvalue weighted by molar-refractivity contribution is 5.70. The van der Waals surface area contributed by atoms with Crippen LogP contribution in [-0.2, 0) is 9.53 Å². The van der Waals surface area contributed by atoms with Crippen LogP contribution in [0.1, 0.15) is 33.1 Å². The van der Waals surface area contributed by atoms with Crippen molar-refractivity contribution in [2.45, 2.75) is 38.6 Å². The van der Waals surface area contributed by atoms with E-state index in [1.807, 2.05) is 0 Å². The quantitative estimate of drug-likeness (QED) is 0.727. The van der Waals surface area contributed by atoms with E-state index >= 15 is 0 Å². The number of hydrogen-bond donors (Lipinski definition) is 1. The first-order valence-electron chi connectivity index (χ1n) is 5.94. The number of likely N-dealkylation sites (tertiary alicyclic amines) is 1. The van der Waals surface area contributed by atoms with Gasteiger partial charge in [0.1, 0.15) is 0 Å². The van der Waals surface area contributed by atoms with E-state index in [1.165, 1.54) is 0 Å². The van der Waals surface area contributed by atoms with E-state index in [1.54, 1.807) is 7.11 Å². The third-order valence-electron chi connectivity index (χ3n) is 3.48. The Hall–Kier alpha value is -0.610. The average Bonchev–Trinajstić information content (AvgIpc) is 2.19. The summed E-state index contributed by atoms with van der Waals surface area (Å²) in [6, 6.07) is 0. The SMILES string of the molecule is COCCCN1CCC(C(=O)O)CC1(C)C. The first kappa shape index (κ1) is 13.5. The number of hydrogen-bond acceptors (Lipinski definition) is 3. The zero-order valence-corrected chi connectivity index (χ0v) is 10.5. The van der Waals surface area contributed by atoms with Crippen LogP contribution in [0, 0.1) is 5.92 Å². The van der Waals surface area contributed by atoms with Crippen LogP contribution in [0.25, 0.3) is 0 Å². The van der Waals surface area contributed by atoms with E-state index < -0.39 is 5.97 Å². The van der Waals surface area contributed by atoms with Crippen LogP contribution in [0.4, 0.5) is 0 Å². The fraction of sp³-hybridized carbons (Fsp3) is 0.917. The van der Waals surface area contributed by atoms with Gasteiger partial charge < -0.3 is 9.84 Å². The van der Waals surface area contributed by atoms with E-state index in [0.717, 1.165) is 39.0 Å². The van der Waals surface area contributed by atoms with Crippen LogP contribution in [0.15, 0.2) is 0 Å². The van der Waals surface area contributed by atoms with Crippen LogP contribution in [0.2, 0.25) is 0 Å². The molecule has 1 atom stereocenters. The molecule has 1 N–H and O–H groups in total. The molecule has 0 bridgehead atoms. The molecule has 1 unspecified atom stereocenters. The molecule has 1 rings (SSSR count). The van der Waals surface area contributed by atoms with E-state index in [2.05, 4.69) is 18.7 Å². The van der Waals surface area contributed by atoms with Crippen molar-refractivity contribution >= 4 is 5.97 Å². The number of ether oxygens (including phenoxy) is 1. The van der Waals surface area contributed by atoms with Crippen LogP contribution < -0.4 is 0 Å². The molecular formula is C12H23NO3. The minimum Gasteiger partial charge on any atom is -0.481 e. The largest absolute Gasteiger partial charge is 0.481 e. The first-order chi connectivity index (χ1) is 7.47. The van der Waals surface area contributed by atoms with Gasteiger partial charge in [-0.15, -0.1) is 0 Å². The summed E-state index contributed by atoms with van der Waals surface area (Å²) < 4.78 is 5.04. The summed E-state index contributed by atoms with van der Waals surface area (Å²) in [5.41, 5.74) is -0.00491. The van der Waals surface area contributed by atoms with Gasteiger partial charge in [0.05, 0.1) is 5.92 Å². The number of rotatable bonds is 5. The number of methoxy groups -OCH3 is 1. The third kappa shape index (κ3) is 3.46. The Balaban J connectivity index is 2.46. The molecule has 1 heterocycles. The van der Waals surface area contributed by atoms with Crippen molar-refractivity contribution in [2.24, 2.45) is 5.92 Å². The lowest BCUT2D eigenvalue weighted by atomic mass is 9.82. The fourth-order valence-electron chi connectivity index (χ4n) is 2.47. The van der Waals surface area contributed by atoms with Crippen molar-refractivity contribution in [3.63, 3.8) is 0 Å². The molecule has 0 aliphatic carbocycles. The summed E-state index contributed by atoms with van der Waals surface area (Å²) in [5.74, 6) is -0.821. The van der Waals surface area contributed by atoms with Crippen molar-refractivity contribution in [1.82, 2.24) is 4.90 Å². The van der Waals surface area contributed by atoms with Crippen LogP contribution in [0.5, 0.6) is 0 Å². The van der Waals surface area contributed by atoms with Gasteiger partial charge >= 0.3 is 5.97 Å². The average molecular weight is 229 g/mol. The van der Waals surface area contributed by atoms with Gasteiger partial charge in [-0.1, -0.05) is 0 Å². The van der Waals surface area contributed by atoms with E-state index in [9.17, 15) is 4.79 Å². The predicted octanol–water partition coefficient (Wildman–Crippen LogP) is 1.60. The summed E-state index contributed by atoms with van der Waals surface area (Å²) in [7, 11) is 1.71. The highest BCUT2D eigenvalue weighted by Gasteiger charge is 2.37. The number of piperidine rings is 1. The second-order valence-electron chi connectivity index (χ2n) is 5.17. The molecule has 4 nitrogen and oxygen atoms in total. The molecule has 1 saturated heterocycles. The van der Waals surface area contributed by atoms with Crippen molar-refractivity contribution in [3.05, 3.63) is 0 Å². The number of carboxylic acids is 1. The Labute approximate surface area is 97.6 Å². The fourth-order valence-corrected chi connectivity index (χ4v) is 2.47. The lowest BCUT2D eigenvalue weighted by Crippen LogP contribution is -2.51. The Bertz CT molecular complexity index is 240. The first-order valence-corrected chi connectivity index (χ1v) is 5.94. The van der Waals surface area contributed by atoms with Gasteiger partial charge in [0, 0.05) is 25.8 Å². The summed E-state index contributed by atoms with van der Waals surface area (Å²) in [6.07, 6.45) is 2.53. The highest BCUT2D eigenvalue weighted by atomic mass is 16.5. The van der Waals surface area contributed by atoms with Gasteiger partial charge in [-0.25, -0.2) is 0 Å². The molecule has 1 aliphatic rings. The monoisotopic (exact) mass is 229 g/mol. The zero-order chi connectivity index (χ0) is 12.2. The predicted molar refractivity (Wildman–Crippen MR) is 62.5 cm³/mol. The van der Waals surface area contributed by atoms with Gasteiger partial charge in [-0.05, 0) is 39.7 Å². The summed E-state index contributed by atoms with van der Waals surface area (Å²) in [4.78, 5) is 13.4. The highest BCUT2D eigenvalue weighted by Crippen LogP contribution is 2.31. The molecule has 0 spiro atoms. The second-order valence-corrected chi connectivity index (χ2v) is 5.17. The van der Waals surface area contributed by atoms with E-state index in [0.29, 0.717) is 0 Å². The molecule has 4 heteroatoms. The summed E-state index contributed by atoms with van der Waals surface area (Å²) in [6.45, 7) is 6.92. The summed E-state index contributed by atoms with van der Waals surface area (Å²) in [5, 5.41) is 9.03. The molecule has 0 aromatic carbocycles. The van der Waals surface area contributed by atoms with Crippen molar-refractivity contribution in [2.75, 3.05) is 26.8 Å². The Morgan fingerprint density at radius 2 is 2.25 bits per heavy atom. The minimum absolute atomic E-state index is 0.00491. The number of carbonyl (C=O) groups is 1. The maximum Gasteiger partial charge on any atom is 0.306 e. The van der Waals surface area contributed by atoms with Gasteiger partial charge in [0.15, 0.2) is 0 Å². The Morgan fingerprint density at radius 1 is 1.56 bits per heavy atom. The topological polar surface area (TPSA) is 49.8 Å². The van der Waals surface area contributed by atoms with Gasteiger partial charge in [0.2, 0.25) is 0 Å². The van der Waals surface area contributed by atoms with Crippen LogP contribution in [0.3, 0.4) is 0 Å². The van der Waals surface area contributed by atoms with E-state index in [4.69, 9.17) is 9.84 Å². The van der Waals surface area contributed by atoms with Gasteiger partial charge in [0.25, 0.3) is 0 Å². The molecular weight excluding hydrogens is 206 g/mol. The maximum absolute atomic E-state index is 11.0. The van der Waals surface area contributed by atoms with Crippen molar-refractivity contribution in [1.29, 1.82) is 0 Å². The van der Waals surface area contributed by atoms with Crippen molar-refractivity contribution < 1.29 is 14.6 Å². The molecule has 0 radical (unpaired) electrons. The zero-order valence-electron chi connectivity index (χ0n) is 10.5. The smallest absolute Gasteiger partial charge is 0.306 e. The molecule has 0 amide bonds. The molecule has 1 aliphatic heterocycles. The minimum atomic E-state index is -0.649. The molecule has 0 aromatic rings. The Morgan fingerprint density at radius 3 is 2.75 bits per heavy atom. The third-order valence-corrected chi connectivity index (χ3v) is 3.48. The van der Waals surface area contributed by atoms with Gasteiger partial charge in [-0.3, -0.25) is 9.69 Å². The maximum atomic E-state index is 11.0. The number of carboxylic acid groups (broad SMARTS) is 1. The summed E-state index contributed by atoms with van der Waals surface area (Å²) >= 11 is 0. The van der Waals surface area contributed by atoms with Gasteiger partial charge in [-0.2, -0.15) is 0 Å². The number of nitrogens with zero attached hydrogens (tertiary/aromatic N) is 1. The Kier molecular flexibility index (Phi) is 4.74.